The summed E-state index contributed by atoms with van der Waals surface area (Å²) < 4.78 is 0. The number of nitrogens with one attached hydrogen (secondary N) is 1. The predicted molar refractivity (Wildman–Crippen MR) is 71.6 cm³/mol. The highest BCUT2D eigenvalue weighted by atomic mass is 16.4. The first-order valence-corrected chi connectivity index (χ1v) is 7.32. The number of hydrogen-bond donors (Lipinski definition) is 3. The second kappa shape index (κ2) is 4.69. The zero-order valence-electron chi connectivity index (χ0n) is 11.3. The summed E-state index contributed by atoms with van der Waals surface area (Å²) in [5.41, 5.74) is 5.62. The van der Waals surface area contributed by atoms with E-state index in [0.717, 1.165) is 17.8 Å². The second-order valence-corrected chi connectivity index (χ2v) is 6.96. The van der Waals surface area contributed by atoms with Crippen molar-refractivity contribution in [3.63, 3.8) is 0 Å². The number of hydrogen-bond acceptors (Lipinski definition) is 3. The Morgan fingerprint density at radius 2 is 1.74 bits per heavy atom. The Hall–Kier alpha value is -1.26. The lowest BCUT2D eigenvalue weighted by molar-refractivity contribution is -0.129. The molecule has 5 nitrogen and oxygen atoms in total. The van der Waals surface area contributed by atoms with Crippen LogP contribution in [0.15, 0.2) is 5.16 Å². The molecule has 4 N–H and O–H groups in total. The number of rotatable bonds is 4. The van der Waals surface area contributed by atoms with Crippen molar-refractivity contribution in [3.8, 4) is 0 Å². The van der Waals surface area contributed by atoms with Crippen LogP contribution in [-0.4, -0.2) is 23.5 Å². The van der Waals surface area contributed by atoms with Gasteiger partial charge in [-0.3, -0.25) is 4.79 Å². The highest BCUT2D eigenvalue weighted by Crippen LogP contribution is 2.61. The van der Waals surface area contributed by atoms with Crippen LogP contribution >= 0.6 is 0 Å². The van der Waals surface area contributed by atoms with E-state index in [0.29, 0.717) is 6.42 Å². The first kappa shape index (κ1) is 12.8. The number of amidine groups is 1. The summed E-state index contributed by atoms with van der Waals surface area (Å²) in [5, 5.41) is 14.1. The van der Waals surface area contributed by atoms with Crippen molar-refractivity contribution >= 4 is 11.7 Å². The van der Waals surface area contributed by atoms with Gasteiger partial charge < -0.3 is 16.3 Å². The molecule has 0 saturated heterocycles. The quantitative estimate of drug-likeness (QED) is 0.311. The van der Waals surface area contributed by atoms with Crippen LogP contribution in [0.25, 0.3) is 0 Å². The summed E-state index contributed by atoms with van der Waals surface area (Å²) in [4.78, 5) is 12.0. The van der Waals surface area contributed by atoms with Crippen LogP contribution in [0.1, 0.15) is 44.9 Å². The standard InChI is InChI=1S/C14H23N3O2/c15-12(17-19)8-16-13(18)7-14-4-9-1-10(5-14)3-11(2-9)6-14/h9-11,19H,1-8H2,(H2,15,17)(H,16,18). The van der Waals surface area contributed by atoms with E-state index in [1.165, 1.54) is 38.5 Å². The average molecular weight is 265 g/mol. The van der Waals surface area contributed by atoms with Crippen molar-refractivity contribution in [2.45, 2.75) is 44.9 Å². The Bertz CT molecular complexity index is 370. The van der Waals surface area contributed by atoms with Crippen LogP contribution in [-0.2, 0) is 4.79 Å². The molecule has 4 aliphatic carbocycles. The molecule has 1 amide bonds. The fourth-order valence-electron chi connectivity index (χ4n) is 5.13. The number of nitrogens with zero attached hydrogens (tertiary/aromatic N) is 1. The molecule has 5 heteroatoms. The van der Waals surface area contributed by atoms with E-state index < -0.39 is 0 Å². The molecule has 4 saturated carbocycles. The molecule has 0 aliphatic heterocycles. The zero-order valence-corrected chi connectivity index (χ0v) is 11.3. The molecule has 0 radical (unpaired) electrons. The third-order valence-electron chi connectivity index (χ3n) is 5.30. The van der Waals surface area contributed by atoms with Gasteiger partial charge in [-0.1, -0.05) is 5.16 Å². The Balaban J connectivity index is 1.58. The number of nitrogens with two attached hydrogens (primary N) is 1. The van der Waals surface area contributed by atoms with Crippen molar-refractivity contribution in [2.75, 3.05) is 6.54 Å². The minimum Gasteiger partial charge on any atom is -0.409 e. The Labute approximate surface area is 113 Å². The summed E-state index contributed by atoms with van der Waals surface area (Å²) in [7, 11) is 0. The molecular formula is C14H23N3O2. The van der Waals surface area contributed by atoms with Crippen LogP contribution in [0.5, 0.6) is 0 Å². The van der Waals surface area contributed by atoms with Gasteiger partial charge in [-0.2, -0.15) is 0 Å². The van der Waals surface area contributed by atoms with Crippen LogP contribution in [0.4, 0.5) is 0 Å². The third-order valence-corrected chi connectivity index (χ3v) is 5.30. The van der Waals surface area contributed by atoms with Crippen molar-refractivity contribution in [1.29, 1.82) is 0 Å². The zero-order chi connectivity index (χ0) is 13.5. The van der Waals surface area contributed by atoms with E-state index in [1.807, 2.05) is 0 Å². The smallest absolute Gasteiger partial charge is 0.220 e. The topological polar surface area (TPSA) is 87.7 Å². The van der Waals surface area contributed by atoms with Crippen LogP contribution < -0.4 is 11.1 Å². The van der Waals surface area contributed by atoms with Crippen molar-refractivity contribution in [3.05, 3.63) is 0 Å². The van der Waals surface area contributed by atoms with E-state index in [1.54, 1.807) is 0 Å². The molecule has 106 valence electrons. The van der Waals surface area contributed by atoms with Gasteiger partial charge in [0.2, 0.25) is 5.91 Å². The molecule has 4 bridgehead atoms. The third kappa shape index (κ3) is 2.55. The van der Waals surface area contributed by atoms with Gasteiger partial charge in [-0.25, -0.2) is 0 Å². The van der Waals surface area contributed by atoms with E-state index in [9.17, 15) is 4.79 Å². The number of amides is 1. The van der Waals surface area contributed by atoms with Gasteiger partial charge in [0.05, 0.1) is 6.54 Å². The van der Waals surface area contributed by atoms with Gasteiger partial charge in [0.25, 0.3) is 0 Å². The molecule has 4 fully saturated rings. The highest BCUT2D eigenvalue weighted by molar-refractivity contribution is 5.87. The van der Waals surface area contributed by atoms with Crippen molar-refractivity contribution < 1.29 is 10.0 Å². The lowest BCUT2D eigenvalue weighted by Gasteiger charge is -2.56. The van der Waals surface area contributed by atoms with Crippen LogP contribution in [0, 0.1) is 23.2 Å². The summed E-state index contributed by atoms with van der Waals surface area (Å²) >= 11 is 0. The summed E-state index contributed by atoms with van der Waals surface area (Å²) in [6.07, 6.45) is 8.50. The fraction of sp³-hybridized carbons (Fsp3) is 0.857. The molecule has 4 aliphatic rings. The van der Waals surface area contributed by atoms with Gasteiger partial charge in [-0.05, 0) is 61.7 Å². The fourth-order valence-corrected chi connectivity index (χ4v) is 5.13. The van der Waals surface area contributed by atoms with Crippen molar-refractivity contribution in [1.82, 2.24) is 5.32 Å². The van der Waals surface area contributed by atoms with Gasteiger partial charge in [0, 0.05) is 6.42 Å². The largest absolute Gasteiger partial charge is 0.409 e. The molecule has 0 atom stereocenters. The first-order valence-electron chi connectivity index (χ1n) is 7.32. The monoisotopic (exact) mass is 265 g/mol. The summed E-state index contributed by atoms with van der Waals surface area (Å²) in [5.74, 6) is 2.70. The molecule has 19 heavy (non-hydrogen) atoms. The van der Waals surface area contributed by atoms with E-state index in [4.69, 9.17) is 10.9 Å². The minimum absolute atomic E-state index is 0.0496. The lowest BCUT2D eigenvalue weighted by Crippen LogP contribution is -2.48. The summed E-state index contributed by atoms with van der Waals surface area (Å²) in [6, 6.07) is 0. The predicted octanol–water partition coefficient (Wildman–Crippen LogP) is 1.46. The van der Waals surface area contributed by atoms with Crippen LogP contribution in [0.2, 0.25) is 0 Å². The number of carbonyl (C=O) groups excluding carboxylic acids is 1. The van der Waals surface area contributed by atoms with Crippen molar-refractivity contribution in [2.24, 2.45) is 34.1 Å². The SMILES string of the molecule is NC(CNC(=O)CC12CC3CC(CC(C3)C1)C2)=NO. The summed E-state index contributed by atoms with van der Waals surface area (Å²) in [6.45, 7) is 0.141. The Morgan fingerprint density at radius 1 is 1.21 bits per heavy atom. The molecule has 4 rings (SSSR count). The van der Waals surface area contributed by atoms with E-state index in [-0.39, 0.29) is 23.7 Å². The molecule has 0 aromatic heterocycles. The highest BCUT2D eigenvalue weighted by Gasteiger charge is 2.51. The van der Waals surface area contributed by atoms with E-state index >= 15 is 0 Å². The normalized spacial score (nSPS) is 40.4. The molecule has 0 heterocycles. The van der Waals surface area contributed by atoms with E-state index in [2.05, 4.69) is 10.5 Å². The number of carbonyl (C=O) groups is 1. The molecule has 0 unspecified atom stereocenters. The maximum absolute atomic E-state index is 12.0. The minimum atomic E-state index is 0.0496. The van der Waals surface area contributed by atoms with Gasteiger partial charge in [0.15, 0.2) is 5.84 Å². The second-order valence-electron chi connectivity index (χ2n) is 6.96. The van der Waals surface area contributed by atoms with Gasteiger partial charge in [0.1, 0.15) is 0 Å². The molecule has 0 aromatic carbocycles. The molecule has 0 aromatic rings. The Morgan fingerprint density at radius 3 is 2.21 bits per heavy atom. The van der Waals surface area contributed by atoms with Crippen LogP contribution in [0.3, 0.4) is 0 Å². The Kier molecular flexibility index (Phi) is 3.15. The maximum atomic E-state index is 12.0. The average Bonchev–Trinajstić information content (AvgIpc) is 2.33. The lowest BCUT2D eigenvalue weighted by atomic mass is 9.49. The molecular weight excluding hydrogens is 242 g/mol. The van der Waals surface area contributed by atoms with Gasteiger partial charge in [-0.15, -0.1) is 0 Å². The number of oxime groups is 1. The maximum Gasteiger partial charge on any atom is 0.220 e. The first-order chi connectivity index (χ1) is 9.08. The molecule has 0 spiro atoms. The van der Waals surface area contributed by atoms with Gasteiger partial charge >= 0.3 is 0 Å².